The van der Waals surface area contributed by atoms with Crippen molar-refractivity contribution in [2.75, 3.05) is 7.05 Å². The van der Waals surface area contributed by atoms with E-state index in [1.807, 2.05) is 25.2 Å². The van der Waals surface area contributed by atoms with Crippen molar-refractivity contribution < 1.29 is 4.42 Å². The van der Waals surface area contributed by atoms with Crippen LogP contribution in [0.3, 0.4) is 0 Å². The van der Waals surface area contributed by atoms with Crippen LogP contribution >= 0.6 is 34.5 Å². The maximum Gasteiger partial charge on any atom is 0.198 e. The normalized spacial score (nSPS) is 13.0. The average Bonchev–Trinajstić information content (AvgIpc) is 2.79. The summed E-state index contributed by atoms with van der Waals surface area (Å²) in [5.41, 5.74) is 0.928. The van der Waals surface area contributed by atoms with E-state index in [9.17, 15) is 0 Å². The molecule has 1 N–H and O–H groups in total. The highest BCUT2D eigenvalue weighted by atomic mass is 35.5. The lowest BCUT2D eigenvalue weighted by atomic mass is 10.1. The second-order valence-corrected chi connectivity index (χ2v) is 5.10. The lowest BCUT2D eigenvalue weighted by molar-refractivity contribution is 0.560. The fourth-order valence-corrected chi connectivity index (χ4v) is 2.86. The summed E-state index contributed by atoms with van der Waals surface area (Å²) in [6.07, 6.45) is 1.58. The second-order valence-electron chi connectivity index (χ2n) is 3.01. The maximum absolute atomic E-state index is 5.93. The highest BCUT2D eigenvalue weighted by Gasteiger charge is 2.18. The minimum atomic E-state index is 0.0359. The van der Waals surface area contributed by atoms with Gasteiger partial charge < -0.3 is 9.73 Å². The van der Waals surface area contributed by atoms with Crippen molar-refractivity contribution in [3.63, 3.8) is 0 Å². The Hall–Kier alpha value is -0.480. The van der Waals surface area contributed by atoms with Crippen molar-refractivity contribution in [2.45, 2.75) is 6.04 Å². The summed E-state index contributed by atoms with van der Waals surface area (Å²) >= 11 is 13.4. The van der Waals surface area contributed by atoms with Crippen LogP contribution in [0.15, 0.2) is 28.9 Å². The van der Waals surface area contributed by atoms with Gasteiger partial charge in [-0.2, -0.15) is 0 Å². The van der Waals surface area contributed by atoms with Gasteiger partial charge in [-0.1, -0.05) is 11.6 Å². The van der Waals surface area contributed by atoms with Crippen molar-refractivity contribution >= 4 is 34.5 Å². The zero-order valence-electron chi connectivity index (χ0n) is 7.96. The monoisotopic (exact) mass is 261 g/mol. The summed E-state index contributed by atoms with van der Waals surface area (Å²) in [6.45, 7) is 0. The van der Waals surface area contributed by atoms with Gasteiger partial charge in [-0.05, 0) is 36.8 Å². The summed E-state index contributed by atoms with van der Waals surface area (Å²) in [5.74, 6) is 0. The molecule has 0 amide bonds. The predicted molar refractivity (Wildman–Crippen MR) is 63.9 cm³/mol. The number of nitrogens with one attached hydrogen (secondary N) is 1. The first-order chi connectivity index (χ1) is 7.22. The molecule has 2 rings (SSSR count). The van der Waals surface area contributed by atoms with Gasteiger partial charge in [0.25, 0.3) is 0 Å². The van der Waals surface area contributed by atoms with Crippen molar-refractivity contribution in [3.8, 4) is 0 Å². The molecule has 15 heavy (non-hydrogen) atoms. The Kier molecular flexibility index (Phi) is 3.36. The lowest BCUT2D eigenvalue weighted by Crippen LogP contribution is -2.15. The molecule has 0 saturated heterocycles. The lowest BCUT2D eigenvalue weighted by Gasteiger charge is -2.12. The molecule has 1 atom stereocenters. The third kappa shape index (κ3) is 2.21. The molecular weight excluding hydrogens is 253 g/mol. The van der Waals surface area contributed by atoms with Gasteiger partial charge >= 0.3 is 0 Å². The number of hydrogen-bond donors (Lipinski definition) is 1. The van der Waals surface area contributed by atoms with Crippen LogP contribution in [-0.4, -0.2) is 7.05 Å². The van der Waals surface area contributed by atoms with Crippen LogP contribution in [0, 0.1) is 0 Å². The van der Waals surface area contributed by atoms with E-state index in [0.717, 1.165) is 14.8 Å². The molecular formula is C10H9Cl2NOS. The van der Waals surface area contributed by atoms with Crippen LogP contribution in [-0.2, 0) is 0 Å². The Balaban J connectivity index is 2.36. The van der Waals surface area contributed by atoms with Gasteiger partial charge in [0.2, 0.25) is 0 Å². The Bertz CT molecular complexity index is 452. The van der Waals surface area contributed by atoms with E-state index in [2.05, 4.69) is 5.32 Å². The molecule has 80 valence electrons. The molecule has 2 aromatic heterocycles. The zero-order chi connectivity index (χ0) is 10.8. The van der Waals surface area contributed by atoms with Gasteiger partial charge in [0.1, 0.15) is 0 Å². The largest absolute Gasteiger partial charge is 0.453 e. The number of halogens is 2. The average molecular weight is 262 g/mol. The van der Waals surface area contributed by atoms with Crippen LogP contribution < -0.4 is 5.32 Å². The second kappa shape index (κ2) is 4.58. The SMILES string of the molecule is CNC(c1ccc(Cl)s1)c1ccoc1Cl. The molecule has 5 heteroatoms. The van der Waals surface area contributed by atoms with Crippen molar-refractivity contribution in [1.82, 2.24) is 5.32 Å². The first kappa shape index (κ1) is 11.0. The van der Waals surface area contributed by atoms with Crippen molar-refractivity contribution in [3.05, 3.63) is 44.5 Å². The minimum absolute atomic E-state index is 0.0359. The highest BCUT2D eigenvalue weighted by Crippen LogP contribution is 2.34. The summed E-state index contributed by atoms with van der Waals surface area (Å²) < 4.78 is 5.84. The molecule has 2 heterocycles. The number of thiophene rings is 1. The molecule has 0 bridgehead atoms. The fourth-order valence-electron chi connectivity index (χ4n) is 1.44. The van der Waals surface area contributed by atoms with Gasteiger partial charge in [-0.25, -0.2) is 0 Å². The third-order valence-electron chi connectivity index (χ3n) is 2.12. The van der Waals surface area contributed by atoms with E-state index >= 15 is 0 Å². The molecule has 0 radical (unpaired) electrons. The van der Waals surface area contributed by atoms with Crippen LogP contribution in [0.1, 0.15) is 16.5 Å². The zero-order valence-corrected chi connectivity index (χ0v) is 10.3. The summed E-state index contributed by atoms with van der Waals surface area (Å²) in [6, 6.07) is 5.75. The fraction of sp³-hybridized carbons (Fsp3) is 0.200. The molecule has 1 unspecified atom stereocenters. The van der Waals surface area contributed by atoms with E-state index in [4.69, 9.17) is 27.6 Å². The summed E-state index contributed by atoms with van der Waals surface area (Å²) in [7, 11) is 1.88. The Morgan fingerprint density at radius 2 is 2.13 bits per heavy atom. The van der Waals surface area contributed by atoms with E-state index < -0.39 is 0 Å². The molecule has 0 spiro atoms. The first-order valence-corrected chi connectivity index (χ1v) is 5.95. The number of rotatable bonds is 3. The van der Waals surface area contributed by atoms with Crippen LogP contribution in [0.4, 0.5) is 0 Å². The van der Waals surface area contributed by atoms with Crippen LogP contribution in [0.5, 0.6) is 0 Å². The summed E-state index contributed by atoms with van der Waals surface area (Å²) in [4.78, 5) is 1.12. The highest BCUT2D eigenvalue weighted by molar-refractivity contribution is 7.16. The maximum atomic E-state index is 5.93. The van der Waals surface area contributed by atoms with Gasteiger partial charge in [0.15, 0.2) is 5.22 Å². The van der Waals surface area contributed by atoms with Crippen LogP contribution in [0.25, 0.3) is 0 Å². The van der Waals surface area contributed by atoms with Crippen LogP contribution in [0.2, 0.25) is 9.56 Å². The first-order valence-electron chi connectivity index (χ1n) is 4.37. The van der Waals surface area contributed by atoms with Gasteiger partial charge in [0, 0.05) is 10.4 Å². The van der Waals surface area contributed by atoms with E-state index in [-0.39, 0.29) is 6.04 Å². The van der Waals surface area contributed by atoms with Gasteiger partial charge in [-0.15, -0.1) is 11.3 Å². The van der Waals surface area contributed by atoms with E-state index in [1.165, 1.54) is 11.3 Å². The minimum Gasteiger partial charge on any atom is -0.453 e. The number of furan rings is 1. The molecule has 0 aliphatic carbocycles. The molecule has 0 aliphatic heterocycles. The van der Waals surface area contributed by atoms with Crippen molar-refractivity contribution in [2.24, 2.45) is 0 Å². The smallest absolute Gasteiger partial charge is 0.198 e. The molecule has 2 nitrogen and oxygen atoms in total. The van der Waals surface area contributed by atoms with E-state index in [1.54, 1.807) is 6.26 Å². The topological polar surface area (TPSA) is 25.2 Å². The Morgan fingerprint density at radius 1 is 1.33 bits per heavy atom. The molecule has 0 saturated carbocycles. The third-order valence-corrected chi connectivity index (χ3v) is 3.73. The molecule has 0 aliphatic rings. The van der Waals surface area contributed by atoms with E-state index in [0.29, 0.717) is 5.22 Å². The number of hydrogen-bond acceptors (Lipinski definition) is 3. The molecule has 2 aromatic rings. The van der Waals surface area contributed by atoms with Gasteiger partial charge in [0.05, 0.1) is 16.6 Å². The molecule has 0 fully saturated rings. The Labute approximate surface area is 102 Å². The molecule has 0 aromatic carbocycles. The predicted octanol–water partition coefficient (Wildman–Crippen LogP) is 3.96. The van der Waals surface area contributed by atoms with Gasteiger partial charge in [-0.3, -0.25) is 0 Å². The van der Waals surface area contributed by atoms with Crippen molar-refractivity contribution in [1.29, 1.82) is 0 Å². The standard InChI is InChI=1S/C10H9Cl2NOS/c1-13-9(6-4-5-14-10(6)12)7-2-3-8(11)15-7/h2-5,9,13H,1H3. The Morgan fingerprint density at radius 3 is 2.60 bits per heavy atom. The quantitative estimate of drug-likeness (QED) is 0.905. The summed E-state index contributed by atoms with van der Waals surface area (Å²) in [5, 5.41) is 3.60.